The minimum atomic E-state index is -4.05. The lowest BCUT2D eigenvalue weighted by Crippen LogP contribution is -2.47. The standard InChI is InChI=1S/C13H15Cl2NO4S/c1-8-5-6-9(14)12(11(8)15)21(19,20)16-7-3-2-4-10(16)13(17)18/h5-6,10H,2-4,7H2,1H3,(H,17,18). The second-order valence-corrected chi connectivity index (χ2v) is 7.59. The summed E-state index contributed by atoms with van der Waals surface area (Å²) in [5.74, 6) is -1.15. The van der Waals surface area contributed by atoms with Gasteiger partial charge in [0.05, 0.1) is 10.0 Å². The van der Waals surface area contributed by atoms with Gasteiger partial charge in [-0.2, -0.15) is 4.31 Å². The minimum absolute atomic E-state index is 0.000289. The van der Waals surface area contributed by atoms with Crippen LogP contribution in [0.15, 0.2) is 17.0 Å². The summed E-state index contributed by atoms with van der Waals surface area (Å²) in [7, 11) is -4.05. The molecule has 1 unspecified atom stereocenters. The first-order valence-electron chi connectivity index (χ1n) is 6.46. The molecule has 1 aromatic rings. The van der Waals surface area contributed by atoms with E-state index in [0.29, 0.717) is 18.4 Å². The molecule has 0 aromatic heterocycles. The highest BCUT2D eigenvalue weighted by Crippen LogP contribution is 2.36. The fourth-order valence-electron chi connectivity index (χ4n) is 2.42. The normalized spacial score (nSPS) is 20.4. The van der Waals surface area contributed by atoms with Crippen molar-refractivity contribution in [2.75, 3.05) is 6.54 Å². The number of piperidine rings is 1. The third-order valence-electron chi connectivity index (χ3n) is 3.55. The van der Waals surface area contributed by atoms with Gasteiger partial charge in [-0.1, -0.05) is 29.3 Å². The summed E-state index contributed by atoms with van der Waals surface area (Å²) in [6, 6.07) is 2.00. The molecule has 8 heteroatoms. The van der Waals surface area contributed by atoms with Crippen LogP contribution in [0, 0.1) is 6.92 Å². The van der Waals surface area contributed by atoms with Gasteiger partial charge in [0.2, 0.25) is 10.0 Å². The minimum Gasteiger partial charge on any atom is -0.480 e. The Labute approximate surface area is 133 Å². The molecule has 1 saturated heterocycles. The number of hydrogen-bond acceptors (Lipinski definition) is 3. The van der Waals surface area contributed by atoms with Crippen LogP contribution in [-0.4, -0.2) is 36.4 Å². The Kier molecular flexibility index (Phi) is 4.82. The van der Waals surface area contributed by atoms with Gasteiger partial charge < -0.3 is 5.11 Å². The molecule has 1 atom stereocenters. The molecular formula is C13H15Cl2NO4S. The highest BCUT2D eigenvalue weighted by atomic mass is 35.5. The van der Waals surface area contributed by atoms with Crippen molar-refractivity contribution >= 4 is 39.2 Å². The smallest absolute Gasteiger partial charge is 0.322 e. The number of benzene rings is 1. The fourth-order valence-corrected chi connectivity index (χ4v) is 5.22. The van der Waals surface area contributed by atoms with Gasteiger partial charge in [-0.05, 0) is 37.8 Å². The van der Waals surface area contributed by atoms with Gasteiger partial charge in [0.1, 0.15) is 10.9 Å². The van der Waals surface area contributed by atoms with E-state index in [-0.39, 0.29) is 27.9 Å². The second kappa shape index (κ2) is 6.12. The maximum atomic E-state index is 12.8. The zero-order valence-corrected chi connectivity index (χ0v) is 13.7. The van der Waals surface area contributed by atoms with Crippen LogP contribution in [0.25, 0.3) is 0 Å². The lowest BCUT2D eigenvalue weighted by Gasteiger charge is -2.32. The van der Waals surface area contributed by atoms with Crippen LogP contribution in [-0.2, 0) is 14.8 Å². The predicted molar refractivity (Wildman–Crippen MR) is 80.4 cm³/mol. The number of halogens is 2. The van der Waals surface area contributed by atoms with E-state index in [9.17, 15) is 18.3 Å². The Morgan fingerprint density at radius 3 is 2.62 bits per heavy atom. The van der Waals surface area contributed by atoms with E-state index in [4.69, 9.17) is 23.2 Å². The Balaban J connectivity index is 2.56. The average molecular weight is 352 g/mol. The first kappa shape index (κ1) is 16.5. The summed E-state index contributed by atoms with van der Waals surface area (Å²) in [6.07, 6.45) is 1.58. The predicted octanol–water partition coefficient (Wildman–Crippen LogP) is 2.93. The van der Waals surface area contributed by atoms with Crippen LogP contribution in [0.2, 0.25) is 10.0 Å². The number of aryl methyl sites for hydroxylation is 1. The summed E-state index contributed by atoms with van der Waals surface area (Å²) in [4.78, 5) is 11.1. The van der Waals surface area contributed by atoms with Gasteiger partial charge >= 0.3 is 5.97 Å². The molecule has 0 bridgehead atoms. The molecule has 1 fully saturated rings. The number of carboxylic acid groups (broad SMARTS) is 1. The monoisotopic (exact) mass is 351 g/mol. The second-order valence-electron chi connectivity index (χ2n) is 4.97. The van der Waals surface area contributed by atoms with Gasteiger partial charge in [0.15, 0.2) is 0 Å². The van der Waals surface area contributed by atoms with Crippen LogP contribution in [0.3, 0.4) is 0 Å². The number of sulfonamides is 1. The van der Waals surface area contributed by atoms with Crippen molar-refractivity contribution in [3.63, 3.8) is 0 Å². The molecule has 116 valence electrons. The molecule has 1 N–H and O–H groups in total. The van der Waals surface area contributed by atoms with Crippen LogP contribution < -0.4 is 0 Å². The fraction of sp³-hybridized carbons (Fsp3) is 0.462. The number of nitrogens with zero attached hydrogens (tertiary/aromatic N) is 1. The molecule has 0 aliphatic carbocycles. The first-order chi connectivity index (χ1) is 9.76. The molecule has 1 aliphatic rings. The Hall–Kier alpha value is -0.820. The van der Waals surface area contributed by atoms with E-state index < -0.39 is 22.0 Å². The number of hydrogen-bond donors (Lipinski definition) is 1. The van der Waals surface area contributed by atoms with Crippen LogP contribution in [0.5, 0.6) is 0 Å². The van der Waals surface area contributed by atoms with Crippen LogP contribution >= 0.6 is 23.2 Å². The molecule has 0 amide bonds. The van der Waals surface area contributed by atoms with Crippen molar-refractivity contribution in [2.45, 2.75) is 37.1 Å². The lowest BCUT2D eigenvalue weighted by atomic mass is 10.1. The molecule has 0 spiro atoms. The summed E-state index contributed by atoms with van der Waals surface area (Å²) in [5.41, 5.74) is 0.573. The van der Waals surface area contributed by atoms with E-state index >= 15 is 0 Å². The molecule has 21 heavy (non-hydrogen) atoms. The van der Waals surface area contributed by atoms with E-state index in [1.165, 1.54) is 6.07 Å². The molecule has 1 aliphatic heterocycles. The van der Waals surface area contributed by atoms with Gasteiger partial charge in [0.25, 0.3) is 0 Å². The van der Waals surface area contributed by atoms with Crippen LogP contribution in [0.1, 0.15) is 24.8 Å². The number of aliphatic carboxylic acids is 1. The Bertz CT molecular complexity index is 675. The maximum Gasteiger partial charge on any atom is 0.322 e. The quantitative estimate of drug-likeness (QED) is 0.908. The molecule has 2 rings (SSSR count). The number of carboxylic acids is 1. The van der Waals surface area contributed by atoms with Gasteiger partial charge in [0, 0.05) is 6.54 Å². The number of carbonyl (C=O) groups is 1. The zero-order valence-electron chi connectivity index (χ0n) is 11.3. The molecular weight excluding hydrogens is 337 g/mol. The molecule has 0 saturated carbocycles. The first-order valence-corrected chi connectivity index (χ1v) is 8.65. The van der Waals surface area contributed by atoms with E-state index in [1.807, 2.05) is 0 Å². The largest absolute Gasteiger partial charge is 0.480 e. The van der Waals surface area contributed by atoms with E-state index in [2.05, 4.69) is 0 Å². The van der Waals surface area contributed by atoms with Crippen molar-refractivity contribution in [1.29, 1.82) is 0 Å². The number of rotatable bonds is 3. The maximum absolute atomic E-state index is 12.8. The molecule has 0 radical (unpaired) electrons. The average Bonchev–Trinajstić information content (AvgIpc) is 2.43. The molecule has 1 heterocycles. The summed E-state index contributed by atoms with van der Waals surface area (Å²) >= 11 is 12.1. The van der Waals surface area contributed by atoms with E-state index in [1.54, 1.807) is 13.0 Å². The third-order valence-corrected chi connectivity index (χ3v) is 6.57. The Morgan fingerprint density at radius 1 is 1.33 bits per heavy atom. The lowest BCUT2D eigenvalue weighted by molar-refractivity contribution is -0.142. The van der Waals surface area contributed by atoms with Gasteiger partial charge in [-0.25, -0.2) is 8.42 Å². The zero-order chi connectivity index (χ0) is 15.8. The van der Waals surface area contributed by atoms with Gasteiger partial charge in [-0.15, -0.1) is 0 Å². The Morgan fingerprint density at radius 2 is 2.00 bits per heavy atom. The summed E-state index contributed by atoms with van der Waals surface area (Å²) in [5, 5.41) is 9.28. The highest BCUT2D eigenvalue weighted by Gasteiger charge is 2.39. The van der Waals surface area contributed by atoms with Crippen molar-refractivity contribution < 1.29 is 18.3 Å². The molecule has 1 aromatic carbocycles. The third kappa shape index (κ3) is 3.04. The SMILES string of the molecule is Cc1ccc(Cl)c(S(=O)(=O)N2CCCCC2C(=O)O)c1Cl. The molecule has 5 nitrogen and oxygen atoms in total. The van der Waals surface area contributed by atoms with Crippen molar-refractivity contribution in [2.24, 2.45) is 0 Å². The summed E-state index contributed by atoms with van der Waals surface area (Å²) < 4.78 is 26.6. The van der Waals surface area contributed by atoms with Crippen molar-refractivity contribution in [1.82, 2.24) is 4.31 Å². The van der Waals surface area contributed by atoms with Crippen molar-refractivity contribution in [3.8, 4) is 0 Å². The summed E-state index contributed by atoms with van der Waals surface area (Å²) in [6.45, 7) is 1.82. The van der Waals surface area contributed by atoms with Crippen molar-refractivity contribution in [3.05, 3.63) is 27.7 Å². The van der Waals surface area contributed by atoms with Crippen LogP contribution in [0.4, 0.5) is 0 Å². The van der Waals surface area contributed by atoms with E-state index in [0.717, 1.165) is 4.31 Å². The van der Waals surface area contributed by atoms with Gasteiger partial charge in [-0.3, -0.25) is 4.79 Å². The topological polar surface area (TPSA) is 74.7 Å². The highest BCUT2D eigenvalue weighted by molar-refractivity contribution is 7.89.